The summed E-state index contributed by atoms with van der Waals surface area (Å²) in [6.07, 6.45) is 0. The lowest BCUT2D eigenvalue weighted by molar-refractivity contribution is 0.0905. The van der Waals surface area contributed by atoms with Crippen LogP contribution in [0.25, 0.3) is 0 Å². The number of hydrogen-bond acceptors (Lipinski definition) is 2. The molecule has 0 fully saturated rings. The highest BCUT2D eigenvalue weighted by Crippen LogP contribution is 2.23. The van der Waals surface area contributed by atoms with Crippen molar-refractivity contribution in [3.05, 3.63) is 33.8 Å². The highest BCUT2D eigenvalue weighted by molar-refractivity contribution is 6.36. The Morgan fingerprint density at radius 3 is 2.44 bits per heavy atom. The molecule has 5 heteroatoms. The van der Waals surface area contributed by atoms with Gasteiger partial charge in [-0.2, -0.15) is 0 Å². The molecule has 18 heavy (non-hydrogen) atoms. The molecule has 1 rings (SSSR count). The Morgan fingerprint density at radius 2 is 2.00 bits per heavy atom. The van der Waals surface area contributed by atoms with Gasteiger partial charge in [0.25, 0.3) is 5.91 Å². The van der Waals surface area contributed by atoms with Crippen LogP contribution in [0.5, 0.6) is 0 Å². The van der Waals surface area contributed by atoms with E-state index < -0.39 is 0 Å². The number of nitrogens with one attached hydrogen (secondary N) is 1. The van der Waals surface area contributed by atoms with Gasteiger partial charge in [-0.1, -0.05) is 44.0 Å². The van der Waals surface area contributed by atoms with Crippen LogP contribution < -0.4 is 11.1 Å². The van der Waals surface area contributed by atoms with Crippen LogP contribution in [0.3, 0.4) is 0 Å². The number of hydrogen-bond donors (Lipinski definition) is 2. The zero-order valence-electron chi connectivity index (χ0n) is 10.8. The summed E-state index contributed by atoms with van der Waals surface area (Å²) in [4.78, 5) is 12.1. The van der Waals surface area contributed by atoms with Crippen molar-refractivity contribution in [3.8, 4) is 0 Å². The minimum Gasteiger partial charge on any atom is -0.347 e. The summed E-state index contributed by atoms with van der Waals surface area (Å²) < 4.78 is 0. The monoisotopic (exact) mass is 288 g/mol. The van der Waals surface area contributed by atoms with Gasteiger partial charge in [-0.25, -0.2) is 0 Å². The standard InChI is InChI=1S/C13H18Cl2N2O/c1-13(2,3)11(7-16)17-12(18)9-5-4-8(14)6-10(9)15/h4-6,11H,7,16H2,1-3H3,(H,17,18). The third-order valence-corrected chi connectivity index (χ3v) is 3.31. The SMILES string of the molecule is CC(C)(C)C(CN)NC(=O)c1ccc(Cl)cc1Cl. The third-order valence-electron chi connectivity index (χ3n) is 2.76. The van der Waals surface area contributed by atoms with Crippen LogP contribution in [-0.2, 0) is 0 Å². The van der Waals surface area contributed by atoms with Gasteiger partial charge in [-0.3, -0.25) is 4.79 Å². The number of amides is 1. The topological polar surface area (TPSA) is 55.1 Å². The minimum absolute atomic E-state index is 0.108. The van der Waals surface area contributed by atoms with Gasteiger partial charge in [0.05, 0.1) is 10.6 Å². The van der Waals surface area contributed by atoms with Gasteiger partial charge in [0, 0.05) is 17.6 Å². The highest BCUT2D eigenvalue weighted by atomic mass is 35.5. The van der Waals surface area contributed by atoms with E-state index in [1.54, 1.807) is 18.2 Å². The van der Waals surface area contributed by atoms with E-state index in [9.17, 15) is 4.79 Å². The summed E-state index contributed by atoms with van der Waals surface area (Å²) in [5, 5.41) is 3.73. The van der Waals surface area contributed by atoms with Crippen molar-refractivity contribution >= 4 is 29.1 Å². The van der Waals surface area contributed by atoms with E-state index >= 15 is 0 Å². The second-order valence-corrected chi connectivity index (χ2v) is 6.10. The predicted molar refractivity (Wildman–Crippen MR) is 76.2 cm³/mol. The number of nitrogens with two attached hydrogens (primary N) is 1. The van der Waals surface area contributed by atoms with Gasteiger partial charge in [-0.15, -0.1) is 0 Å². The van der Waals surface area contributed by atoms with Gasteiger partial charge in [0.2, 0.25) is 0 Å². The molecular weight excluding hydrogens is 271 g/mol. The van der Waals surface area contributed by atoms with Crippen molar-refractivity contribution in [2.24, 2.45) is 11.1 Å². The van der Waals surface area contributed by atoms with E-state index in [1.807, 2.05) is 20.8 Å². The van der Waals surface area contributed by atoms with Crippen molar-refractivity contribution in [1.82, 2.24) is 5.32 Å². The summed E-state index contributed by atoms with van der Waals surface area (Å²) in [6.45, 7) is 6.44. The van der Waals surface area contributed by atoms with Crippen molar-refractivity contribution in [2.45, 2.75) is 26.8 Å². The maximum atomic E-state index is 12.1. The zero-order valence-corrected chi connectivity index (χ0v) is 12.3. The smallest absolute Gasteiger partial charge is 0.253 e. The first-order chi connectivity index (χ1) is 8.25. The molecule has 0 spiro atoms. The van der Waals surface area contributed by atoms with Gasteiger partial charge < -0.3 is 11.1 Å². The molecule has 1 amide bonds. The molecule has 1 aromatic rings. The van der Waals surface area contributed by atoms with E-state index in [4.69, 9.17) is 28.9 Å². The fraction of sp³-hybridized carbons (Fsp3) is 0.462. The van der Waals surface area contributed by atoms with Crippen LogP contribution in [0.15, 0.2) is 18.2 Å². The highest BCUT2D eigenvalue weighted by Gasteiger charge is 2.25. The molecule has 3 N–H and O–H groups in total. The van der Waals surface area contributed by atoms with Crippen molar-refractivity contribution in [3.63, 3.8) is 0 Å². The van der Waals surface area contributed by atoms with Crippen LogP contribution in [0, 0.1) is 5.41 Å². The van der Waals surface area contributed by atoms with Crippen LogP contribution in [0.4, 0.5) is 0 Å². The molecule has 0 saturated heterocycles. The van der Waals surface area contributed by atoms with Gasteiger partial charge >= 0.3 is 0 Å². The summed E-state index contributed by atoms with van der Waals surface area (Å²) in [5.41, 5.74) is 5.98. The summed E-state index contributed by atoms with van der Waals surface area (Å²) in [6, 6.07) is 4.68. The first-order valence-electron chi connectivity index (χ1n) is 5.71. The van der Waals surface area contributed by atoms with Gasteiger partial charge in [-0.05, 0) is 23.6 Å². The Labute approximate surface area is 118 Å². The van der Waals surface area contributed by atoms with E-state index in [1.165, 1.54) is 0 Å². The Balaban J connectivity index is 2.88. The zero-order chi connectivity index (χ0) is 13.9. The van der Waals surface area contributed by atoms with Crippen molar-refractivity contribution in [2.75, 3.05) is 6.54 Å². The van der Waals surface area contributed by atoms with Gasteiger partial charge in [0.1, 0.15) is 0 Å². The lowest BCUT2D eigenvalue weighted by atomic mass is 9.86. The molecule has 1 unspecified atom stereocenters. The maximum Gasteiger partial charge on any atom is 0.253 e. The number of halogens is 2. The molecule has 0 radical (unpaired) electrons. The summed E-state index contributed by atoms with van der Waals surface area (Å²) >= 11 is 11.8. The molecule has 3 nitrogen and oxygen atoms in total. The number of carbonyl (C=O) groups excluding carboxylic acids is 1. The van der Waals surface area contributed by atoms with Crippen LogP contribution in [-0.4, -0.2) is 18.5 Å². The lowest BCUT2D eigenvalue weighted by Crippen LogP contribution is -2.48. The third kappa shape index (κ3) is 3.87. The molecule has 0 aliphatic carbocycles. The van der Waals surface area contributed by atoms with E-state index in [-0.39, 0.29) is 17.4 Å². The molecule has 0 bridgehead atoms. The number of benzene rings is 1. The first-order valence-corrected chi connectivity index (χ1v) is 6.47. The molecule has 1 atom stereocenters. The Bertz CT molecular complexity index is 441. The van der Waals surface area contributed by atoms with E-state index in [0.717, 1.165) is 0 Å². The van der Waals surface area contributed by atoms with E-state index in [2.05, 4.69) is 5.32 Å². The van der Waals surface area contributed by atoms with E-state index in [0.29, 0.717) is 22.2 Å². The molecule has 0 aromatic heterocycles. The first kappa shape index (κ1) is 15.3. The van der Waals surface area contributed by atoms with Crippen LogP contribution in [0.2, 0.25) is 10.0 Å². The second kappa shape index (κ2) is 5.91. The van der Waals surface area contributed by atoms with Crippen LogP contribution >= 0.6 is 23.2 Å². The molecule has 0 saturated carbocycles. The predicted octanol–water partition coefficient (Wildman–Crippen LogP) is 3.10. The molecule has 0 aliphatic rings. The molecule has 1 aromatic carbocycles. The van der Waals surface area contributed by atoms with Crippen molar-refractivity contribution < 1.29 is 4.79 Å². The summed E-state index contributed by atoms with van der Waals surface area (Å²) in [5.74, 6) is -0.234. The largest absolute Gasteiger partial charge is 0.347 e. The fourth-order valence-electron chi connectivity index (χ4n) is 1.54. The van der Waals surface area contributed by atoms with Crippen molar-refractivity contribution in [1.29, 1.82) is 0 Å². The average Bonchev–Trinajstić information content (AvgIpc) is 2.23. The van der Waals surface area contributed by atoms with Gasteiger partial charge in [0.15, 0.2) is 0 Å². The maximum absolute atomic E-state index is 12.1. The average molecular weight is 289 g/mol. The Morgan fingerprint density at radius 1 is 1.39 bits per heavy atom. The number of carbonyl (C=O) groups is 1. The molecule has 100 valence electrons. The van der Waals surface area contributed by atoms with Crippen LogP contribution in [0.1, 0.15) is 31.1 Å². The fourth-order valence-corrected chi connectivity index (χ4v) is 2.03. The minimum atomic E-state index is -0.234. The molecule has 0 aliphatic heterocycles. The Hall–Kier alpha value is -0.770. The normalized spacial score (nSPS) is 13.2. The number of rotatable bonds is 3. The Kier molecular flexibility index (Phi) is 5.02. The second-order valence-electron chi connectivity index (χ2n) is 5.25. The molecular formula is C13H18Cl2N2O. The summed E-state index contributed by atoms with van der Waals surface area (Å²) in [7, 11) is 0. The molecule has 0 heterocycles. The lowest BCUT2D eigenvalue weighted by Gasteiger charge is -2.30. The quantitative estimate of drug-likeness (QED) is 0.898.